The molecule has 0 atom stereocenters. The van der Waals surface area contributed by atoms with Gasteiger partial charge in [-0.15, -0.1) is 0 Å². The highest BCUT2D eigenvalue weighted by Gasteiger charge is 1.93. The van der Waals surface area contributed by atoms with E-state index >= 15 is 0 Å². The van der Waals surface area contributed by atoms with Gasteiger partial charge in [-0.1, -0.05) is 66.8 Å². The van der Waals surface area contributed by atoms with Crippen LogP contribution in [0.1, 0.15) is 37.3 Å². The standard InChI is InChI=1S/C21H24O/c1-2-10-19-14-16-21(17-15-19)22-18-9-4-3-6-11-20-12-7-5-8-13-20/h2,5-8,10-17H,3-4,9,18H2,1H3/b10-2+,11-6+. The molecule has 0 aliphatic carbocycles. The Morgan fingerprint density at radius 2 is 1.55 bits per heavy atom. The van der Waals surface area contributed by atoms with Crippen molar-refractivity contribution in [2.45, 2.75) is 26.2 Å². The molecule has 2 aromatic carbocycles. The van der Waals surface area contributed by atoms with Crippen molar-refractivity contribution in [3.63, 3.8) is 0 Å². The molecule has 1 heteroatoms. The summed E-state index contributed by atoms with van der Waals surface area (Å²) in [6.07, 6.45) is 11.9. The van der Waals surface area contributed by atoms with E-state index < -0.39 is 0 Å². The first-order valence-corrected chi connectivity index (χ1v) is 7.95. The molecule has 0 spiro atoms. The van der Waals surface area contributed by atoms with Gasteiger partial charge in [0, 0.05) is 0 Å². The predicted molar refractivity (Wildman–Crippen MR) is 96.0 cm³/mol. The average Bonchev–Trinajstić information content (AvgIpc) is 2.57. The van der Waals surface area contributed by atoms with Gasteiger partial charge in [0.1, 0.15) is 5.75 Å². The van der Waals surface area contributed by atoms with Crippen LogP contribution in [-0.4, -0.2) is 6.61 Å². The molecular weight excluding hydrogens is 268 g/mol. The van der Waals surface area contributed by atoms with Gasteiger partial charge in [-0.05, 0) is 49.4 Å². The van der Waals surface area contributed by atoms with Crippen molar-refractivity contribution in [3.05, 3.63) is 77.9 Å². The topological polar surface area (TPSA) is 9.23 Å². The fourth-order valence-electron chi connectivity index (χ4n) is 2.21. The highest BCUT2D eigenvalue weighted by Crippen LogP contribution is 2.14. The summed E-state index contributed by atoms with van der Waals surface area (Å²) in [6, 6.07) is 18.6. The Bertz CT molecular complexity index is 579. The summed E-state index contributed by atoms with van der Waals surface area (Å²) in [5.41, 5.74) is 2.47. The SMILES string of the molecule is C/C=C/c1ccc(OCCCC/C=C/c2ccccc2)cc1. The predicted octanol–water partition coefficient (Wildman–Crippen LogP) is 5.98. The molecule has 0 aliphatic heterocycles. The van der Waals surface area contributed by atoms with Crippen molar-refractivity contribution in [1.82, 2.24) is 0 Å². The fourth-order valence-corrected chi connectivity index (χ4v) is 2.21. The molecule has 0 aromatic heterocycles. The summed E-state index contributed by atoms with van der Waals surface area (Å²) in [7, 11) is 0. The number of hydrogen-bond donors (Lipinski definition) is 0. The van der Waals surface area contributed by atoms with Gasteiger partial charge in [0.2, 0.25) is 0 Å². The Kier molecular flexibility index (Phi) is 7.04. The zero-order valence-corrected chi connectivity index (χ0v) is 13.2. The van der Waals surface area contributed by atoms with Gasteiger partial charge >= 0.3 is 0 Å². The zero-order valence-electron chi connectivity index (χ0n) is 13.2. The number of hydrogen-bond acceptors (Lipinski definition) is 1. The van der Waals surface area contributed by atoms with E-state index in [4.69, 9.17) is 4.74 Å². The number of allylic oxidation sites excluding steroid dienone is 2. The largest absolute Gasteiger partial charge is 0.494 e. The van der Waals surface area contributed by atoms with Gasteiger partial charge in [-0.3, -0.25) is 0 Å². The van der Waals surface area contributed by atoms with E-state index in [0.29, 0.717) is 0 Å². The van der Waals surface area contributed by atoms with E-state index in [1.165, 1.54) is 11.1 Å². The summed E-state index contributed by atoms with van der Waals surface area (Å²) >= 11 is 0. The molecule has 0 unspecified atom stereocenters. The second kappa shape index (κ2) is 9.62. The van der Waals surface area contributed by atoms with Crippen molar-refractivity contribution in [1.29, 1.82) is 0 Å². The van der Waals surface area contributed by atoms with Gasteiger partial charge in [0.15, 0.2) is 0 Å². The van der Waals surface area contributed by atoms with Crippen molar-refractivity contribution in [2.75, 3.05) is 6.61 Å². The van der Waals surface area contributed by atoms with Crippen LogP contribution in [0.2, 0.25) is 0 Å². The maximum absolute atomic E-state index is 5.76. The minimum Gasteiger partial charge on any atom is -0.494 e. The molecule has 0 saturated heterocycles. The molecule has 0 N–H and O–H groups in total. The van der Waals surface area contributed by atoms with Crippen LogP contribution in [0.15, 0.2) is 66.7 Å². The Morgan fingerprint density at radius 3 is 2.27 bits per heavy atom. The molecule has 2 aromatic rings. The van der Waals surface area contributed by atoms with Gasteiger partial charge in [0.05, 0.1) is 6.61 Å². The van der Waals surface area contributed by atoms with Crippen LogP contribution in [0.5, 0.6) is 5.75 Å². The van der Waals surface area contributed by atoms with Crippen LogP contribution in [0.4, 0.5) is 0 Å². The van der Waals surface area contributed by atoms with E-state index in [2.05, 4.69) is 54.6 Å². The summed E-state index contributed by atoms with van der Waals surface area (Å²) < 4.78 is 5.76. The molecule has 0 aliphatic rings. The van der Waals surface area contributed by atoms with E-state index in [1.54, 1.807) is 0 Å². The van der Waals surface area contributed by atoms with Gasteiger partial charge in [-0.2, -0.15) is 0 Å². The van der Waals surface area contributed by atoms with Crippen LogP contribution >= 0.6 is 0 Å². The maximum Gasteiger partial charge on any atom is 0.119 e. The lowest BCUT2D eigenvalue weighted by Crippen LogP contribution is -1.96. The summed E-state index contributed by atoms with van der Waals surface area (Å²) in [5.74, 6) is 0.952. The minimum absolute atomic E-state index is 0.780. The molecule has 114 valence electrons. The molecule has 0 heterocycles. The van der Waals surface area contributed by atoms with Gasteiger partial charge in [-0.25, -0.2) is 0 Å². The number of unbranched alkanes of at least 4 members (excludes halogenated alkanes) is 2. The van der Waals surface area contributed by atoms with Gasteiger partial charge in [0.25, 0.3) is 0 Å². The lowest BCUT2D eigenvalue weighted by molar-refractivity contribution is 0.307. The second-order valence-electron chi connectivity index (χ2n) is 5.23. The molecule has 0 bridgehead atoms. The van der Waals surface area contributed by atoms with E-state index in [9.17, 15) is 0 Å². The molecule has 0 fully saturated rings. The normalized spacial score (nSPS) is 11.3. The highest BCUT2D eigenvalue weighted by molar-refractivity contribution is 5.50. The summed E-state index contributed by atoms with van der Waals surface area (Å²) in [4.78, 5) is 0. The zero-order chi connectivity index (χ0) is 15.5. The lowest BCUT2D eigenvalue weighted by Gasteiger charge is -2.05. The van der Waals surface area contributed by atoms with Gasteiger partial charge < -0.3 is 4.74 Å². The second-order valence-corrected chi connectivity index (χ2v) is 5.23. The van der Waals surface area contributed by atoms with E-state index in [0.717, 1.165) is 31.6 Å². The molecule has 0 saturated carbocycles. The maximum atomic E-state index is 5.76. The first-order valence-electron chi connectivity index (χ1n) is 7.95. The highest BCUT2D eigenvalue weighted by atomic mass is 16.5. The number of ether oxygens (including phenoxy) is 1. The Hall–Kier alpha value is -2.28. The lowest BCUT2D eigenvalue weighted by atomic mass is 10.1. The Balaban J connectivity index is 1.60. The fraction of sp³-hybridized carbons (Fsp3) is 0.238. The quantitative estimate of drug-likeness (QED) is 0.544. The molecular formula is C21H24O. The Labute approximate surface area is 134 Å². The third-order valence-electron chi connectivity index (χ3n) is 3.38. The smallest absolute Gasteiger partial charge is 0.119 e. The monoisotopic (exact) mass is 292 g/mol. The first kappa shape index (κ1) is 16.1. The molecule has 1 nitrogen and oxygen atoms in total. The van der Waals surface area contributed by atoms with Crippen molar-refractivity contribution >= 4 is 12.2 Å². The molecule has 0 radical (unpaired) electrons. The van der Waals surface area contributed by atoms with Crippen LogP contribution in [0, 0.1) is 0 Å². The van der Waals surface area contributed by atoms with Crippen LogP contribution in [0.3, 0.4) is 0 Å². The van der Waals surface area contributed by atoms with E-state index in [1.807, 2.05) is 31.2 Å². The average molecular weight is 292 g/mol. The molecule has 2 rings (SSSR count). The number of benzene rings is 2. The van der Waals surface area contributed by atoms with Crippen molar-refractivity contribution in [2.24, 2.45) is 0 Å². The molecule has 22 heavy (non-hydrogen) atoms. The van der Waals surface area contributed by atoms with Crippen LogP contribution in [-0.2, 0) is 0 Å². The summed E-state index contributed by atoms with van der Waals surface area (Å²) in [6.45, 7) is 2.80. The third-order valence-corrected chi connectivity index (χ3v) is 3.38. The molecule has 0 amide bonds. The van der Waals surface area contributed by atoms with Crippen molar-refractivity contribution < 1.29 is 4.74 Å². The van der Waals surface area contributed by atoms with Crippen LogP contribution < -0.4 is 4.74 Å². The number of rotatable bonds is 8. The van der Waals surface area contributed by atoms with Crippen LogP contribution in [0.25, 0.3) is 12.2 Å². The van der Waals surface area contributed by atoms with E-state index in [-0.39, 0.29) is 0 Å². The van der Waals surface area contributed by atoms with Crippen molar-refractivity contribution in [3.8, 4) is 5.75 Å². The summed E-state index contributed by atoms with van der Waals surface area (Å²) in [5, 5.41) is 0. The third kappa shape index (κ3) is 6.01. The minimum atomic E-state index is 0.780. The first-order chi connectivity index (χ1) is 10.9. The Morgan fingerprint density at radius 1 is 0.818 bits per heavy atom.